The number of carbonyl (C=O) groups is 1. The molecule has 2 heterocycles. The lowest BCUT2D eigenvalue weighted by Crippen LogP contribution is -2.25. The van der Waals surface area contributed by atoms with Gasteiger partial charge >= 0.3 is 0 Å². The summed E-state index contributed by atoms with van der Waals surface area (Å²) in [5.41, 5.74) is 9.92. The van der Waals surface area contributed by atoms with Crippen molar-refractivity contribution >= 4 is 11.7 Å². The molecule has 2 aromatic carbocycles. The van der Waals surface area contributed by atoms with E-state index in [9.17, 15) is 4.79 Å². The highest BCUT2D eigenvalue weighted by Crippen LogP contribution is 2.32. The molecule has 1 amide bonds. The van der Waals surface area contributed by atoms with Gasteiger partial charge in [-0.25, -0.2) is 4.68 Å². The molecule has 0 fully saturated rings. The van der Waals surface area contributed by atoms with Gasteiger partial charge in [0, 0.05) is 24.1 Å². The van der Waals surface area contributed by atoms with Crippen molar-refractivity contribution in [3.63, 3.8) is 0 Å². The lowest BCUT2D eigenvalue weighted by Gasteiger charge is -2.20. The number of fused-ring (bicyclic) bond motifs is 6. The van der Waals surface area contributed by atoms with E-state index in [0.29, 0.717) is 17.7 Å². The third-order valence-electron chi connectivity index (χ3n) is 8.65. The maximum Gasteiger partial charge on any atom is 0.225 e. The number of amides is 1. The van der Waals surface area contributed by atoms with Crippen LogP contribution < -0.4 is 10.8 Å². The van der Waals surface area contributed by atoms with Crippen LogP contribution in [0.4, 0.5) is 5.82 Å². The Hall–Kier alpha value is -4.13. The van der Waals surface area contributed by atoms with E-state index in [1.165, 1.54) is 41.5 Å². The summed E-state index contributed by atoms with van der Waals surface area (Å²) in [5, 5.41) is 25.0. The van der Waals surface area contributed by atoms with Crippen molar-refractivity contribution in [1.29, 1.82) is 5.41 Å². The van der Waals surface area contributed by atoms with Crippen LogP contribution in [0.1, 0.15) is 80.0 Å². The van der Waals surface area contributed by atoms with Gasteiger partial charge in [0.2, 0.25) is 5.91 Å². The second kappa shape index (κ2) is 13.2. The van der Waals surface area contributed by atoms with E-state index < -0.39 is 0 Å². The molecule has 2 aliphatic rings. The zero-order chi connectivity index (χ0) is 28.7. The van der Waals surface area contributed by atoms with E-state index in [-0.39, 0.29) is 5.91 Å². The number of carbonyl (C=O) groups excluding carboxylic acids is 1. The maximum absolute atomic E-state index is 12.5. The largest absolute Gasteiger partial charge is 0.309 e. The topological polar surface area (TPSA) is 96.5 Å². The number of hydrogen-bond donors (Lipinski definition) is 2. The number of rotatable bonds is 12. The number of benzene rings is 2. The normalized spacial score (nSPS) is 13.0. The second-order valence-electron chi connectivity index (χ2n) is 11.7. The first-order chi connectivity index (χ1) is 20.7. The Kier molecular flexibility index (Phi) is 8.83. The molecule has 0 aliphatic heterocycles. The number of aryl methyl sites for hydroxylation is 5. The number of unbranched alkanes of at least 4 members (excludes halogenated alkanes) is 7. The van der Waals surface area contributed by atoms with E-state index in [0.717, 1.165) is 86.8 Å². The first kappa shape index (κ1) is 28.0. The monoisotopic (exact) mass is 560 g/mol. The van der Waals surface area contributed by atoms with Crippen LogP contribution in [0.15, 0.2) is 60.7 Å². The Morgan fingerprint density at radius 1 is 0.690 bits per heavy atom. The summed E-state index contributed by atoms with van der Waals surface area (Å²) in [5.74, 6) is 0.579. The van der Waals surface area contributed by atoms with Gasteiger partial charge in [0.25, 0.3) is 0 Å². The van der Waals surface area contributed by atoms with E-state index in [4.69, 9.17) is 10.5 Å². The molecule has 7 nitrogen and oxygen atoms in total. The van der Waals surface area contributed by atoms with Gasteiger partial charge in [-0.2, -0.15) is 5.10 Å². The zero-order valence-electron chi connectivity index (χ0n) is 24.4. The lowest BCUT2D eigenvalue weighted by atomic mass is 9.89. The van der Waals surface area contributed by atoms with Crippen LogP contribution in [-0.4, -0.2) is 25.9 Å². The van der Waals surface area contributed by atoms with E-state index in [1.54, 1.807) is 0 Å². The van der Waals surface area contributed by atoms with Gasteiger partial charge in [-0.1, -0.05) is 87.1 Å². The van der Waals surface area contributed by atoms with Crippen LogP contribution in [0.2, 0.25) is 0 Å². The van der Waals surface area contributed by atoms with Gasteiger partial charge in [-0.15, -0.1) is 10.2 Å². The molecule has 2 aliphatic carbocycles. The van der Waals surface area contributed by atoms with Crippen molar-refractivity contribution in [1.82, 2.24) is 20.0 Å². The van der Waals surface area contributed by atoms with Crippen molar-refractivity contribution in [2.45, 2.75) is 90.0 Å². The predicted molar refractivity (Wildman–Crippen MR) is 166 cm³/mol. The molecule has 2 aromatic heterocycles. The molecule has 0 unspecified atom stereocenters. The third kappa shape index (κ3) is 6.51. The Morgan fingerprint density at radius 3 is 1.98 bits per heavy atom. The van der Waals surface area contributed by atoms with Gasteiger partial charge in [-0.3, -0.25) is 10.2 Å². The number of nitrogens with one attached hydrogen (secondary N) is 2. The highest BCUT2D eigenvalue weighted by atomic mass is 16.1. The molecular weight excluding hydrogens is 520 g/mol. The summed E-state index contributed by atoms with van der Waals surface area (Å²) in [6.45, 7) is 0.797. The average molecular weight is 561 g/mol. The highest BCUT2D eigenvalue weighted by Gasteiger charge is 2.19. The minimum atomic E-state index is 0.0194. The van der Waals surface area contributed by atoms with Crippen LogP contribution in [0.3, 0.4) is 0 Å². The number of nitrogens with zero attached hydrogens (tertiary/aromatic N) is 4. The van der Waals surface area contributed by atoms with Crippen LogP contribution in [0.25, 0.3) is 22.5 Å². The first-order valence-corrected chi connectivity index (χ1v) is 15.6. The van der Waals surface area contributed by atoms with E-state index in [1.807, 2.05) is 22.9 Å². The quantitative estimate of drug-likeness (QED) is 0.186. The van der Waals surface area contributed by atoms with Crippen LogP contribution in [0, 0.1) is 5.41 Å². The smallest absolute Gasteiger partial charge is 0.225 e. The number of aromatic nitrogens is 4. The molecule has 2 N–H and O–H groups in total. The summed E-state index contributed by atoms with van der Waals surface area (Å²) in [7, 11) is 0. The average Bonchev–Trinajstić information content (AvgIpc) is 3.02. The molecule has 0 spiro atoms. The summed E-state index contributed by atoms with van der Waals surface area (Å²) < 4.78 is 1.88. The molecule has 0 saturated heterocycles. The Bertz CT molecular complexity index is 1620. The first-order valence-electron chi connectivity index (χ1n) is 15.6. The molecule has 216 valence electrons. The molecule has 0 saturated carbocycles. The molecule has 0 bridgehead atoms. The molecule has 42 heavy (non-hydrogen) atoms. The van der Waals surface area contributed by atoms with E-state index in [2.05, 4.69) is 58.0 Å². The highest BCUT2D eigenvalue weighted by molar-refractivity contribution is 5.90. The number of hydrogen-bond acceptors (Lipinski definition) is 5. The third-order valence-corrected chi connectivity index (χ3v) is 8.65. The van der Waals surface area contributed by atoms with Crippen molar-refractivity contribution in [2.24, 2.45) is 0 Å². The van der Waals surface area contributed by atoms with Gasteiger partial charge in [-0.05, 0) is 72.9 Å². The van der Waals surface area contributed by atoms with Gasteiger partial charge in [0.1, 0.15) is 5.49 Å². The Balaban J connectivity index is 0.852. The van der Waals surface area contributed by atoms with Gasteiger partial charge in [0.05, 0.1) is 11.4 Å². The second-order valence-corrected chi connectivity index (χ2v) is 11.7. The van der Waals surface area contributed by atoms with Crippen LogP contribution in [-0.2, 0) is 37.0 Å². The molecule has 7 heteroatoms. The maximum atomic E-state index is 12.5. The van der Waals surface area contributed by atoms with Crippen molar-refractivity contribution < 1.29 is 4.79 Å². The zero-order valence-corrected chi connectivity index (χ0v) is 24.4. The lowest BCUT2D eigenvalue weighted by molar-refractivity contribution is -0.116. The minimum Gasteiger partial charge on any atom is -0.309 e. The fourth-order valence-electron chi connectivity index (χ4n) is 6.33. The SMILES string of the molecule is N=c1cc2c(nn1CCCCCCCCCCC(=O)Nc1cc3c(nn1)-c1ccccc1CC3)-c1ccccc1CC2. The standard InChI is InChI=1S/C35H40N6O/c36-31-23-27-20-18-26-14-9-11-16-30(26)35(27)40-41(31)22-12-6-4-2-1-3-5-7-17-33(42)37-32-24-28-21-19-25-13-8-10-15-29(25)34(28)39-38-32/h8-11,13-16,23-24,36H,1-7,12,17-22H2,(H,37,38,42). The fraction of sp³-hybridized carbons (Fsp3) is 0.400. The van der Waals surface area contributed by atoms with Crippen molar-refractivity contribution in [2.75, 3.05) is 5.32 Å². The fourth-order valence-corrected chi connectivity index (χ4v) is 6.33. The van der Waals surface area contributed by atoms with Gasteiger partial charge in [0.15, 0.2) is 5.82 Å². The molecular formula is C35H40N6O. The molecule has 6 rings (SSSR count). The Morgan fingerprint density at radius 2 is 1.26 bits per heavy atom. The summed E-state index contributed by atoms with van der Waals surface area (Å²) in [6, 6.07) is 20.9. The van der Waals surface area contributed by atoms with E-state index >= 15 is 0 Å². The van der Waals surface area contributed by atoms with Crippen molar-refractivity contribution in [3.8, 4) is 22.5 Å². The van der Waals surface area contributed by atoms with Gasteiger partial charge < -0.3 is 5.32 Å². The Labute approximate surface area is 247 Å². The minimum absolute atomic E-state index is 0.0194. The van der Waals surface area contributed by atoms with Crippen LogP contribution >= 0.6 is 0 Å². The van der Waals surface area contributed by atoms with Crippen molar-refractivity contribution in [3.05, 3.63) is 88.4 Å². The summed E-state index contributed by atoms with van der Waals surface area (Å²) in [6.07, 6.45) is 13.4. The summed E-state index contributed by atoms with van der Waals surface area (Å²) in [4.78, 5) is 12.5. The molecule has 4 aromatic rings. The molecule has 0 radical (unpaired) electrons. The summed E-state index contributed by atoms with van der Waals surface area (Å²) >= 11 is 0. The predicted octanol–water partition coefficient (Wildman–Crippen LogP) is 6.83. The number of anilines is 1. The van der Waals surface area contributed by atoms with Crippen LogP contribution in [0.5, 0.6) is 0 Å². The molecule has 0 atom stereocenters.